The minimum atomic E-state index is -4.42. The van der Waals surface area contributed by atoms with E-state index in [1.54, 1.807) is 12.1 Å². The molecule has 0 aromatic heterocycles. The van der Waals surface area contributed by atoms with Gasteiger partial charge in [0, 0.05) is 3.57 Å². The Morgan fingerprint density at radius 2 is 1.82 bits per heavy atom. The number of hydrazine groups is 1. The number of anilines is 1. The van der Waals surface area contributed by atoms with Crippen molar-refractivity contribution in [2.24, 2.45) is 0 Å². The number of aryl methyl sites for hydroxylation is 1. The molecule has 0 aliphatic heterocycles. The summed E-state index contributed by atoms with van der Waals surface area (Å²) in [6.07, 6.45) is -4.42. The van der Waals surface area contributed by atoms with Crippen LogP contribution in [-0.2, 0) is 6.18 Å². The fourth-order valence-corrected chi connectivity index (χ4v) is 2.40. The predicted octanol–water partition coefficient (Wildman–Crippen LogP) is 4.38. The molecule has 0 radical (unpaired) electrons. The van der Waals surface area contributed by atoms with Gasteiger partial charge in [-0.1, -0.05) is 18.2 Å². The molecule has 0 aliphatic rings. The van der Waals surface area contributed by atoms with Gasteiger partial charge in [-0.05, 0) is 59.3 Å². The highest BCUT2D eigenvalue weighted by Gasteiger charge is 2.30. The maximum Gasteiger partial charge on any atom is 0.416 e. The quantitative estimate of drug-likeness (QED) is 0.572. The molecule has 2 rings (SSSR count). The first-order chi connectivity index (χ1) is 10.3. The number of halogens is 4. The third kappa shape index (κ3) is 3.90. The Balaban J connectivity index is 2.10. The van der Waals surface area contributed by atoms with Crippen LogP contribution in [0.4, 0.5) is 18.9 Å². The first kappa shape index (κ1) is 16.6. The van der Waals surface area contributed by atoms with Gasteiger partial charge < -0.3 is 0 Å². The lowest BCUT2D eigenvalue weighted by Crippen LogP contribution is -2.30. The third-order valence-electron chi connectivity index (χ3n) is 2.95. The SMILES string of the molecule is Cc1cccc(C(=O)NNc2cccc(C(F)(F)F)c2)c1I. The molecule has 22 heavy (non-hydrogen) atoms. The molecule has 2 aromatic carbocycles. The van der Waals surface area contributed by atoms with Crippen molar-refractivity contribution in [3.05, 3.63) is 62.7 Å². The van der Waals surface area contributed by atoms with Crippen LogP contribution in [0, 0.1) is 10.5 Å². The first-order valence-electron chi connectivity index (χ1n) is 6.28. The number of carbonyl (C=O) groups excluding carboxylic acids is 1. The molecule has 0 saturated carbocycles. The van der Waals surface area contributed by atoms with Crippen molar-refractivity contribution in [3.63, 3.8) is 0 Å². The van der Waals surface area contributed by atoms with Crippen molar-refractivity contribution < 1.29 is 18.0 Å². The molecule has 2 N–H and O–H groups in total. The zero-order chi connectivity index (χ0) is 16.3. The summed E-state index contributed by atoms with van der Waals surface area (Å²) >= 11 is 2.05. The monoisotopic (exact) mass is 420 g/mol. The number of carbonyl (C=O) groups is 1. The standard InChI is InChI=1S/C15H12F3IN2O/c1-9-4-2-7-12(13(9)19)14(22)21-20-11-6-3-5-10(8-11)15(16,17)18/h2-8,20H,1H3,(H,21,22). The van der Waals surface area contributed by atoms with E-state index in [1.165, 1.54) is 12.1 Å². The molecule has 1 amide bonds. The molecule has 0 bridgehead atoms. The lowest BCUT2D eigenvalue weighted by Gasteiger charge is -2.12. The first-order valence-corrected chi connectivity index (χ1v) is 7.35. The summed E-state index contributed by atoms with van der Waals surface area (Å²) < 4.78 is 38.6. The zero-order valence-corrected chi connectivity index (χ0v) is 13.6. The predicted molar refractivity (Wildman–Crippen MR) is 86.4 cm³/mol. The van der Waals surface area contributed by atoms with E-state index >= 15 is 0 Å². The van der Waals surface area contributed by atoms with Crippen LogP contribution in [0.2, 0.25) is 0 Å². The summed E-state index contributed by atoms with van der Waals surface area (Å²) in [5.74, 6) is -0.412. The van der Waals surface area contributed by atoms with Crippen molar-refractivity contribution in [2.45, 2.75) is 13.1 Å². The van der Waals surface area contributed by atoms with Crippen LogP contribution in [0.1, 0.15) is 21.5 Å². The number of nitrogens with one attached hydrogen (secondary N) is 2. The molecule has 0 spiro atoms. The van der Waals surface area contributed by atoms with Gasteiger partial charge in [-0.25, -0.2) is 0 Å². The average molecular weight is 420 g/mol. The van der Waals surface area contributed by atoms with Gasteiger partial charge >= 0.3 is 6.18 Å². The molecule has 0 atom stereocenters. The number of hydrogen-bond acceptors (Lipinski definition) is 2. The third-order valence-corrected chi connectivity index (χ3v) is 4.38. The minimum Gasteiger partial charge on any atom is -0.298 e. The van der Waals surface area contributed by atoms with Crippen LogP contribution in [0.5, 0.6) is 0 Å². The van der Waals surface area contributed by atoms with Gasteiger partial charge in [0.15, 0.2) is 0 Å². The Hall–Kier alpha value is -1.77. The molecule has 116 valence electrons. The Morgan fingerprint density at radius 3 is 2.50 bits per heavy atom. The molecule has 0 unspecified atom stereocenters. The van der Waals surface area contributed by atoms with Crippen LogP contribution >= 0.6 is 22.6 Å². The molecule has 7 heteroatoms. The minimum absolute atomic E-state index is 0.158. The molecule has 0 heterocycles. The van der Waals surface area contributed by atoms with Gasteiger partial charge in [0.05, 0.1) is 16.8 Å². The van der Waals surface area contributed by atoms with Crippen molar-refractivity contribution >= 4 is 34.2 Å². The zero-order valence-electron chi connectivity index (χ0n) is 11.5. The van der Waals surface area contributed by atoms with E-state index in [1.807, 2.05) is 13.0 Å². The fraction of sp³-hybridized carbons (Fsp3) is 0.133. The highest BCUT2D eigenvalue weighted by molar-refractivity contribution is 14.1. The summed E-state index contributed by atoms with van der Waals surface area (Å²) in [5, 5.41) is 0. The lowest BCUT2D eigenvalue weighted by atomic mass is 10.1. The van der Waals surface area contributed by atoms with E-state index in [4.69, 9.17) is 0 Å². The molecule has 3 nitrogen and oxygen atoms in total. The summed E-state index contributed by atoms with van der Waals surface area (Å²) in [5.41, 5.74) is 5.69. The summed E-state index contributed by atoms with van der Waals surface area (Å²) in [7, 11) is 0. The van der Waals surface area contributed by atoms with Gasteiger partial charge in [0.2, 0.25) is 0 Å². The van der Waals surface area contributed by atoms with Gasteiger partial charge in [-0.3, -0.25) is 15.6 Å². The second-order valence-corrected chi connectivity index (χ2v) is 5.67. The Bertz CT molecular complexity index is 701. The van der Waals surface area contributed by atoms with Crippen molar-refractivity contribution in [1.82, 2.24) is 5.43 Å². The maximum absolute atomic E-state index is 12.6. The molecule has 0 fully saturated rings. The Labute approximate surface area is 139 Å². The number of hydrogen-bond donors (Lipinski definition) is 2. The summed E-state index contributed by atoms with van der Waals surface area (Å²) in [6.45, 7) is 1.87. The van der Waals surface area contributed by atoms with E-state index in [0.717, 1.165) is 21.3 Å². The lowest BCUT2D eigenvalue weighted by molar-refractivity contribution is -0.137. The average Bonchev–Trinajstić information content (AvgIpc) is 2.47. The maximum atomic E-state index is 12.6. The number of benzene rings is 2. The highest BCUT2D eigenvalue weighted by atomic mass is 127. The van der Waals surface area contributed by atoms with Crippen LogP contribution < -0.4 is 10.9 Å². The second kappa shape index (κ2) is 6.55. The summed E-state index contributed by atoms with van der Waals surface area (Å²) in [4.78, 5) is 12.1. The number of amides is 1. The van der Waals surface area contributed by atoms with E-state index in [9.17, 15) is 18.0 Å². The van der Waals surface area contributed by atoms with Crippen LogP contribution in [0.25, 0.3) is 0 Å². The highest BCUT2D eigenvalue weighted by Crippen LogP contribution is 2.30. The topological polar surface area (TPSA) is 41.1 Å². The summed E-state index contributed by atoms with van der Waals surface area (Å²) in [6, 6.07) is 9.88. The van der Waals surface area contributed by atoms with Crippen LogP contribution in [0.15, 0.2) is 42.5 Å². The van der Waals surface area contributed by atoms with E-state index in [0.29, 0.717) is 5.56 Å². The van der Waals surface area contributed by atoms with Gasteiger partial charge in [-0.2, -0.15) is 13.2 Å². The molecule has 0 aliphatic carbocycles. The fourth-order valence-electron chi connectivity index (χ4n) is 1.79. The van der Waals surface area contributed by atoms with E-state index < -0.39 is 17.6 Å². The van der Waals surface area contributed by atoms with Crippen molar-refractivity contribution in [2.75, 3.05) is 5.43 Å². The second-order valence-electron chi connectivity index (χ2n) is 4.59. The normalized spacial score (nSPS) is 11.1. The Morgan fingerprint density at radius 1 is 1.14 bits per heavy atom. The van der Waals surface area contributed by atoms with Crippen molar-refractivity contribution in [1.29, 1.82) is 0 Å². The molecule has 2 aromatic rings. The van der Waals surface area contributed by atoms with Gasteiger partial charge in [0.1, 0.15) is 0 Å². The largest absolute Gasteiger partial charge is 0.416 e. The van der Waals surface area contributed by atoms with Gasteiger partial charge in [0.25, 0.3) is 5.91 Å². The van der Waals surface area contributed by atoms with Crippen LogP contribution in [-0.4, -0.2) is 5.91 Å². The van der Waals surface area contributed by atoms with E-state index in [2.05, 4.69) is 33.4 Å². The molecular weight excluding hydrogens is 408 g/mol. The molecular formula is C15H12F3IN2O. The molecule has 0 saturated heterocycles. The van der Waals surface area contributed by atoms with E-state index in [-0.39, 0.29) is 5.69 Å². The Kier molecular flexibility index (Phi) is 4.94. The smallest absolute Gasteiger partial charge is 0.298 e. The number of alkyl halides is 3. The van der Waals surface area contributed by atoms with Crippen LogP contribution in [0.3, 0.4) is 0 Å². The number of rotatable bonds is 3. The van der Waals surface area contributed by atoms with Crippen molar-refractivity contribution in [3.8, 4) is 0 Å². The van der Waals surface area contributed by atoms with Gasteiger partial charge in [-0.15, -0.1) is 0 Å².